The third-order valence-electron chi connectivity index (χ3n) is 6.35. The van der Waals surface area contributed by atoms with Gasteiger partial charge in [0.1, 0.15) is 16.8 Å². The maximum Gasteiger partial charge on any atom is 0.259 e. The van der Waals surface area contributed by atoms with Crippen LogP contribution in [-0.4, -0.2) is 28.0 Å². The smallest absolute Gasteiger partial charge is 0.259 e. The van der Waals surface area contributed by atoms with Crippen LogP contribution in [0.1, 0.15) is 41.3 Å². The Balaban J connectivity index is 1.45. The first-order chi connectivity index (χ1) is 17.5. The van der Waals surface area contributed by atoms with Gasteiger partial charge in [-0.15, -0.1) is 10.2 Å². The lowest BCUT2D eigenvalue weighted by atomic mass is 10.0. The van der Waals surface area contributed by atoms with Gasteiger partial charge >= 0.3 is 0 Å². The molecule has 1 N–H and O–H groups in total. The molecule has 0 atom stereocenters. The summed E-state index contributed by atoms with van der Waals surface area (Å²) in [4.78, 5) is 15.0. The first-order valence-electron chi connectivity index (χ1n) is 12.0. The summed E-state index contributed by atoms with van der Waals surface area (Å²) in [5, 5.41) is 14.3. The maximum absolute atomic E-state index is 13.4. The number of carbonyl (C=O) groups excluding carboxylic acids is 1. The number of carbonyl (C=O) groups is 1. The monoisotopic (exact) mass is 542 g/mol. The van der Waals surface area contributed by atoms with Gasteiger partial charge in [0.2, 0.25) is 0 Å². The van der Waals surface area contributed by atoms with Crippen molar-refractivity contribution in [3.63, 3.8) is 0 Å². The number of fused-ring (bicyclic) bond motifs is 2. The second-order valence-corrected chi connectivity index (χ2v) is 9.65. The molecule has 182 valence electrons. The van der Waals surface area contributed by atoms with E-state index in [4.69, 9.17) is 4.74 Å². The topological polar surface area (TPSA) is 69.0 Å². The van der Waals surface area contributed by atoms with Gasteiger partial charge in [-0.1, -0.05) is 49.7 Å². The Kier molecular flexibility index (Phi) is 6.74. The van der Waals surface area contributed by atoms with E-state index in [0.29, 0.717) is 22.5 Å². The van der Waals surface area contributed by atoms with Gasteiger partial charge in [0.25, 0.3) is 5.91 Å². The molecular formula is C29H27BrN4O2. The number of nitrogens with one attached hydrogen (secondary N) is 1. The van der Waals surface area contributed by atoms with E-state index in [1.165, 1.54) is 18.4 Å². The van der Waals surface area contributed by atoms with E-state index in [1.807, 2.05) is 61.5 Å². The number of hydrogen-bond acceptors (Lipinski definition) is 4. The Bertz CT molecular complexity index is 1570. The van der Waals surface area contributed by atoms with Gasteiger partial charge in [-0.3, -0.25) is 4.79 Å². The van der Waals surface area contributed by atoms with Crippen LogP contribution in [0.4, 0.5) is 5.69 Å². The van der Waals surface area contributed by atoms with Crippen LogP contribution >= 0.6 is 15.9 Å². The van der Waals surface area contributed by atoms with Crippen molar-refractivity contribution in [3.8, 4) is 11.4 Å². The SMILES string of the molecule is CCCCc1ccc(-n2nc3cc(C)c(NC(=O)c4cc5ccccc5c(Br)c4OC)cc3n2)cc1. The molecule has 0 saturated heterocycles. The van der Waals surface area contributed by atoms with E-state index >= 15 is 0 Å². The zero-order valence-corrected chi connectivity index (χ0v) is 22.1. The molecule has 1 heterocycles. The van der Waals surface area contributed by atoms with Gasteiger partial charge in [0.05, 0.1) is 22.8 Å². The third kappa shape index (κ3) is 4.58. The largest absolute Gasteiger partial charge is 0.495 e. The van der Waals surface area contributed by atoms with Crippen LogP contribution in [0.3, 0.4) is 0 Å². The van der Waals surface area contributed by atoms with Gasteiger partial charge in [-0.25, -0.2) is 0 Å². The molecule has 1 amide bonds. The Labute approximate surface area is 218 Å². The molecule has 0 aliphatic carbocycles. The van der Waals surface area contributed by atoms with Crippen LogP contribution in [-0.2, 0) is 6.42 Å². The number of unbranched alkanes of at least 4 members (excludes halogenated alkanes) is 1. The molecule has 0 aliphatic heterocycles. The number of ether oxygens (including phenoxy) is 1. The van der Waals surface area contributed by atoms with E-state index in [9.17, 15) is 4.79 Å². The van der Waals surface area contributed by atoms with Crippen molar-refractivity contribution in [2.45, 2.75) is 33.1 Å². The summed E-state index contributed by atoms with van der Waals surface area (Å²) in [6.07, 6.45) is 3.43. The lowest BCUT2D eigenvalue weighted by Gasteiger charge is -2.14. The van der Waals surface area contributed by atoms with E-state index in [1.54, 1.807) is 11.9 Å². The maximum atomic E-state index is 13.4. The van der Waals surface area contributed by atoms with Crippen LogP contribution in [0.5, 0.6) is 5.75 Å². The molecule has 0 fully saturated rings. The zero-order chi connectivity index (χ0) is 25.2. The highest BCUT2D eigenvalue weighted by atomic mass is 79.9. The highest BCUT2D eigenvalue weighted by molar-refractivity contribution is 9.10. The first kappa shape index (κ1) is 24.0. The minimum Gasteiger partial charge on any atom is -0.495 e. The summed E-state index contributed by atoms with van der Waals surface area (Å²) in [5.41, 5.74) is 5.73. The van der Waals surface area contributed by atoms with Crippen LogP contribution in [0.25, 0.3) is 27.5 Å². The molecule has 0 aliphatic rings. The van der Waals surface area contributed by atoms with Gasteiger partial charge in [-0.05, 0) is 87.9 Å². The highest BCUT2D eigenvalue weighted by Gasteiger charge is 2.19. The lowest BCUT2D eigenvalue weighted by Crippen LogP contribution is -2.14. The standard InChI is InChI=1S/C29H27BrN4O2/c1-4-5-8-19-11-13-21(14-12-19)34-32-25-15-18(2)24(17-26(25)33-34)31-29(35)23-16-20-9-6-7-10-22(20)27(30)28(23)36-3/h6-7,9-17H,4-5,8H2,1-3H3,(H,31,35). The number of aryl methyl sites for hydroxylation is 2. The number of amides is 1. The van der Waals surface area contributed by atoms with E-state index in [0.717, 1.165) is 38.4 Å². The fraction of sp³-hybridized carbons (Fsp3) is 0.207. The van der Waals surface area contributed by atoms with Crippen molar-refractivity contribution >= 4 is 49.3 Å². The molecule has 5 aromatic rings. The fourth-order valence-corrected chi connectivity index (χ4v) is 5.07. The van der Waals surface area contributed by atoms with Crippen molar-refractivity contribution in [1.29, 1.82) is 0 Å². The average Bonchev–Trinajstić information content (AvgIpc) is 3.30. The summed E-state index contributed by atoms with van der Waals surface area (Å²) < 4.78 is 6.35. The number of rotatable bonds is 7. The van der Waals surface area contributed by atoms with E-state index < -0.39 is 0 Å². The number of benzene rings is 4. The van der Waals surface area contributed by atoms with Crippen LogP contribution < -0.4 is 10.1 Å². The Morgan fingerprint density at radius 2 is 1.75 bits per heavy atom. The molecule has 0 saturated carbocycles. The number of hydrogen-bond donors (Lipinski definition) is 1. The molecule has 6 nitrogen and oxygen atoms in total. The predicted octanol–water partition coefficient (Wildman–Crippen LogP) is 7.25. The van der Waals surface area contributed by atoms with Crippen LogP contribution in [0.15, 0.2) is 71.2 Å². The second-order valence-electron chi connectivity index (χ2n) is 8.86. The van der Waals surface area contributed by atoms with Gasteiger partial charge in [0, 0.05) is 5.69 Å². The van der Waals surface area contributed by atoms with Gasteiger partial charge in [-0.2, -0.15) is 4.80 Å². The van der Waals surface area contributed by atoms with Crippen molar-refractivity contribution in [2.75, 3.05) is 12.4 Å². The zero-order valence-electron chi connectivity index (χ0n) is 20.5. The number of methoxy groups -OCH3 is 1. The summed E-state index contributed by atoms with van der Waals surface area (Å²) in [6, 6.07) is 21.9. The molecule has 0 unspecified atom stereocenters. The minimum absolute atomic E-state index is 0.254. The van der Waals surface area contributed by atoms with Crippen molar-refractivity contribution in [1.82, 2.24) is 15.0 Å². The minimum atomic E-state index is -0.254. The van der Waals surface area contributed by atoms with Gasteiger partial charge < -0.3 is 10.1 Å². The molecule has 36 heavy (non-hydrogen) atoms. The first-order valence-corrected chi connectivity index (χ1v) is 12.8. The van der Waals surface area contributed by atoms with Crippen molar-refractivity contribution in [3.05, 3.63) is 87.9 Å². The summed E-state index contributed by atoms with van der Waals surface area (Å²) in [5.74, 6) is 0.245. The molecule has 5 rings (SSSR count). The van der Waals surface area contributed by atoms with Crippen molar-refractivity contribution < 1.29 is 9.53 Å². The molecule has 0 spiro atoms. The predicted molar refractivity (Wildman–Crippen MR) is 148 cm³/mol. The lowest BCUT2D eigenvalue weighted by molar-refractivity contribution is 0.102. The molecule has 0 radical (unpaired) electrons. The Morgan fingerprint density at radius 3 is 2.47 bits per heavy atom. The summed E-state index contributed by atoms with van der Waals surface area (Å²) >= 11 is 3.61. The molecule has 1 aromatic heterocycles. The Morgan fingerprint density at radius 1 is 1.03 bits per heavy atom. The molecule has 7 heteroatoms. The quantitative estimate of drug-likeness (QED) is 0.235. The Hall–Kier alpha value is -3.71. The average molecular weight is 543 g/mol. The number of anilines is 1. The number of nitrogens with zero attached hydrogens (tertiary/aromatic N) is 3. The number of halogens is 1. The second kappa shape index (κ2) is 10.1. The normalized spacial score (nSPS) is 11.2. The van der Waals surface area contributed by atoms with Crippen LogP contribution in [0.2, 0.25) is 0 Å². The van der Waals surface area contributed by atoms with Crippen molar-refractivity contribution in [2.24, 2.45) is 0 Å². The van der Waals surface area contributed by atoms with E-state index in [2.05, 4.69) is 50.5 Å². The molecule has 0 bridgehead atoms. The fourth-order valence-electron chi connectivity index (χ4n) is 4.34. The van der Waals surface area contributed by atoms with Crippen LogP contribution in [0, 0.1) is 6.92 Å². The number of aromatic nitrogens is 3. The highest BCUT2D eigenvalue weighted by Crippen LogP contribution is 2.37. The summed E-state index contributed by atoms with van der Waals surface area (Å²) in [7, 11) is 1.57. The van der Waals surface area contributed by atoms with Gasteiger partial charge in [0.15, 0.2) is 0 Å². The van der Waals surface area contributed by atoms with E-state index in [-0.39, 0.29) is 5.91 Å². The summed E-state index contributed by atoms with van der Waals surface area (Å²) in [6.45, 7) is 4.15. The third-order valence-corrected chi connectivity index (χ3v) is 7.14. The molecular weight excluding hydrogens is 516 g/mol. The molecule has 4 aromatic carbocycles.